The lowest BCUT2D eigenvalue weighted by Gasteiger charge is -2.34. The number of nitrogens with zero attached hydrogens (tertiary/aromatic N) is 2. The van der Waals surface area contributed by atoms with Crippen molar-refractivity contribution in [3.63, 3.8) is 0 Å². The minimum absolute atomic E-state index is 0.271. The number of ether oxygens (including phenoxy) is 1. The SMILES string of the molecule is COC(=O)c1ccc(NC(=O)CN2CCCN(Cc3ccccc3)S2(=O)=O)cc1. The van der Waals surface area contributed by atoms with Crippen LogP contribution < -0.4 is 5.32 Å². The molecule has 0 atom stereocenters. The van der Waals surface area contributed by atoms with E-state index in [-0.39, 0.29) is 13.1 Å². The van der Waals surface area contributed by atoms with Gasteiger partial charge in [0.25, 0.3) is 10.2 Å². The summed E-state index contributed by atoms with van der Waals surface area (Å²) in [5.41, 5.74) is 1.73. The van der Waals surface area contributed by atoms with Crippen LogP contribution in [-0.2, 0) is 26.3 Å². The number of rotatable bonds is 6. The zero-order valence-corrected chi connectivity index (χ0v) is 16.9. The van der Waals surface area contributed by atoms with Crippen molar-refractivity contribution in [2.24, 2.45) is 0 Å². The highest BCUT2D eigenvalue weighted by Gasteiger charge is 2.34. The van der Waals surface area contributed by atoms with E-state index in [1.54, 1.807) is 12.1 Å². The van der Waals surface area contributed by atoms with Gasteiger partial charge in [0.05, 0.1) is 19.2 Å². The van der Waals surface area contributed by atoms with Gasteiger partial charge < -0.3 is 10.1 Å². The van der Waals surface area contributed by atoms with Crippen LogP contribution in [0.1, 0.15) is 22.3 Å². The van der Waals surface area contributed by atoms with Crippen molar-refractivity contribution >= 4 is 27.8 Å². The van der Waals surface area contributed by atoms with Crippen molar-refractivity contribution in [3.8, 4) is 0 Å². The van der Waals surface area contributed by atoms with Crippen LogP contribution in [0.2, 0.25) is 0 Å². The number of hydrogen-bond acceptors (Lipinski definition) is 5. The Morgan fingerprint density at radius 3 is 2.31 bits per heavy atom. The lowest BCUT2D eigenvalue weighted by atomic mass is 10.2. The van der Waals surface area contributed by atoms with E-state index in [1.807, 2.05) is 30.3 Å². The average molecular weight is 417 g/mol. The molecule has 1 fully saturated rings. The average Bonchev–Trinajstić information content (AvgIpc) is 2.72. The molecule has 0 spiro atoms. The predicted octanol–water partition coefficient (Wildman–Crippen LogP) is 1.86. The lowest BCUT2D eigenvalue weighted by Crippen LogP contribution is -2.51. The molecule has 0 aliphatic carbocycles. The number of anilines is 1. The maximum atomic E-state index is 12.9. The molecule has 3 rings (SSSR count). The van der Waals surface area contributed by atoms with Crippen LogP contribution in [0, 0.1) is 0 Å². The minimum atomic E-state index is -3.73. The Morgan fingerprint density at radius 2 is 1.66 bits per heavy atom. The third-order valence-corrected chi connectivity index (χ3v) is 6.51. The quantitative estimate of drug-likeness (QED) is 0.724. The summed E-state index contributed by atoms with van der Waals surface area (Å²) in [6.45, 7) is 0.718. The van der Waals surface area contributed by atoms with Crippen LogP contribution in [-0.4, -0.2) is 55.6 Å². The molecule has 1 aliphatic heterocycles. The Hall–Kier alpha value is -2.75. The number of nitrogens with one attached hydrogen (secondary N) is 1. The first-order valence-electron chi connectivity index (χ1n) is 9.17. The zero-order chi connectivity index (χ0) is 20.9. The molecule has 0 bridgehead atoms. The number of methoxy groups -OCH3 is 1. The van der Waals surface area contributed by atoms with Crippen LogP contribution in [0.5, 0.6) is 0 Å². The van der Waals surface area contributed by atoms with E-state index < -0.39 is 22.1 Å². The maximum Gasteiger partial charge on any atom is 0.337 e. The van der Waals surface area contributed by atoms with Crippen LogP contribution in [0.25, 0.3) is 0 Å². The normalized spacial score (nSPS) is 16.9. The number of hydrogen-bond donors (Lipinski definition) is 1. The Labute approximate surface area is 170 Å². The van der Waals surface area contributed by atoms with Crippen molar-refractivity contribution in [3.05, 3.63) is 65.7 Å². The second kappa shape index (κ2) is 9.17. The zero-order valence-electron chi connectivity index (χ0n) is 16.1. The van der Waals surface area contributed by atoms with E-state index in [0.717, 1.165) is 5.56 Å². The Bertz CT molecular complexity index is 961. The number of benzene rings is 2. The van der Waals surface area contributed by atoms with Gasteiger partial charge in [-0.05, 0) is 36.2 Å². The summed E-state index contributed by atoms with van der Waals surface area (Å²) in [7, 11) is -2.44. The molecule has 154 valence electrons. The van der Waals surface area contributed by atoms with Crippen molar-refractivity contribution < 1.29 is 22.7 Å². The first-order valence-corrected chi connectivity index (χ1v) is 10.6. The number of carbonyl (C=O) groups is 2. The molecule has 1 aliphatic rings. The van der Waals surface area contributed by atoms with Crippen molar-refractivity contribution in [1.29, 1.82) is 0 Å². The second-order valence-corrected chi connectivity index (χ2v) is 8.56. The molecule has 1 saturated heterocycles. The van der Waals surface area contributed by atoms with Gasteiger partial charge in [-0.25, -0.2) is 4.79 Å². The molecular formula is C20H23N3O5S. The van der Waals surface area contributed by atoms with Crippen molar-refractivity contribution in [1.82, 2.24) is 8.61 Å². The van der Waals surface area contributed by atoms with Crippen LogP contribution in [0.3, 0.4) is 0 Å². The standard InChI is InChI=1S/C20H23N3O5S/c1-28-20(25)17-8-10-18(11-9-17)21-19(24)15-23-13-5-12-22(29(23,26)27)14-16-6-3-2-4-7-16/h2-4,6-11H,5,12-15H2,1H3,(H,21,24). The fourth-order valence-corrected chi connectivity index (χ4v) is 4.73. The van der Waals surface area contributed by atoms with E-state index in [1.165, 1.54) is 27.9 Å². The Kier molecular flexibility index (Phi) is 6.63. The molecule has 29 heavy (non-hydrogen) atoms. The largest absolute Gasteiger partial charge is 0.465 e. The van der Waals surface area contributed by atoms with Gasteiger partial charge in [0, 0.05) is 25.3 Å². The third-order valence-electron chi connectivity index (χ3n) is 4.58. The van der Waals surface area contributed by atoms with E-state index in [9.17, 15) is 18.0 Å². The molecule has 0 aromatic heterocycles. The second-order valence-electron chi connectivity index (χ2n) is 6.63. The molecule has 0 radical (unpaired) electrons. The summed E-state index contributed by atoms with van der Waals surface area (Å²) in [4.78, 5) is 23.8. The summed E-state index contributed by atoms with van der Waals surface area (Å²) in [5, 5.41) is 2.66. The van der Waals surface area contributed by atoms with Gasteiger partial charge in [0.2, 0.25) is 5.91 Å². The van der Waals surface area contributed by atoms with E-state index in [4.69, 9.17) is 0 Å². The Balaban J connectivity index is 1.62. The van der Waals surface area contributed by atoms with E-state index >= 15 is 0 Å². The van der Waals surface area contributed by atoms with Crippen LogP contribution in [0.15, 0.2) is 54.6 Å². The highest BCUT2D eigenvalue weighted by molar-refractivity contribution is 7.86. The third kappa shape index (κ3) is 5.20. The van der Waals surface area contributed by atoms with Crippen LogP contribution >= 0.6 is 0 Å². The van der Waals surface area contributed by atoms with Gasteiger partial charge in [-0.1, -0.05) is 30.3 Å². The predicted molar refractivity (Wildman–Crippen MR) is 108 cm³/mol. The highest BCUT2D eigenvalue weighted by atomic mass is 32.2. The molecule has 0 saturated carbocycles. The van der Waals surface area contributed by atoms with Gasteiger partial charge in [0.1, 0.15) is 0 Å². The maximum absolute atomic E-state index is 12.9. The molecule has 9 heteroatoms. The van der Waals surface area contributed by atoms with Gasteiger partial charge in [-0.3, -0.25) is 4.79 Å². The number of carbonyl (C=O) groups excluding carboxylic acids is 2. The van der Waals surface area contributed by atoms with Gasteiger partial charge in [-0.2, -0.15) is 17.0 Å². The fraction of sp³-hybridized carbons (Fsp3) is 0.300. The van der Waals surface area contributed by atoms with E-state index in [0.29, 0.717) is 30.8 Å². The lowest BCUT2D eigenvalue weighted by molar-refractivity contribution is -0.116. The van der Waals surface area contributed by atoms with Crippen molar-refractivity contribution in [2.75, 3.05) is 32.1 Å². The first-order chi connectivity index (χ1) is 13.9. The first kappa shape index (κ1) is 21.0. The summed E-state index contributed by atoms with van der Waals surface area (Å²) < 4.78 is 33.0. The van der Waals surface area contributed by atoms with Gasteiger partial charge in [-0.15, -0.1) is 0 Å². The number of amides is 1. The van der Waals surface area contributed by atoms with E-state index in [2.05, 4.69) is 10.1 Å². The summed E-state index contributed by atoms with van der Waals surface area (Å²) in [6.07, 6.45) is 0.646. The van der Waals surface area contributed by atoms with Gasteiger partial charge >= 0.3 is 5.97 Å². The summed E-state index contributed by atoms with van der Waals surface area (Å²) in [6, 6.07) is 15.5. The molecule has 1 N–H and O–H groups in total. The topological polar surface area (TPSA) is 96.0 Å². The molecule has 8 nitrogen and oxygen atoms in total. The molecule has 2 aromatic carbocycles. The highest BCUT2D eigenvalue weighted by Crippen LogP contribution is 2.19. The summed E-state index contributed by atoms with van der Waals surface area (Å²) >= 11 is 0. The Morgan fingerprint density at radius 1 is 1.00 bits per heavy atom. The smallest absolute Gasteiger partial charge is 0.337 e. The summed E-state index contributed by atoms with van der Waals surface area (Å²) in [5.74, 6) is -0.915. The van der Waals surface area contributed by atoms with Crippen molar-refractivity contribution in [2.45, 2.75) is 13.0 Å². The minimum Gasteiger partial charge on any atom is -0.465 e. The van der Waals surface area contributed by atoms with Gasteiger partial charge in [0.15, 0.2) is 0 Å². The fourth-order valence-electron chi connectivity index (χ4n) is 3.09. The van der Waals surface area contributed by atoms with Crippen LogP contribution in [0.4, 0.5) is 5.69 Å². The molecule has 0 unspecified atom stereocenters. The molecule has 1 heterocycles. The molecular weight excluding hydrogens is 394 g/mol. The molecule has 1 amide bonds. The monoisotopic (exact) mass is 417 g/mol. The molecule has 2 aromatic rings. The number of esters is 1.